The number of carbonyl (C=O) groups is 2. The van der Waals surface area contributed by atoms with Crippen LogP contribution in [0.5, 0.6) is 11.5 Å². The van der Waals surface area contributed by atoms with E-state index in [1.165, 1.54) is 13.2 Å². The lowest BCUT2D eigenvalue weighted by Crippen LogP contribution is -2.36. The van der Waals surface area contributed by atoms with Gasteiger partial charge in [0, 0.05) is 13.0 Å². The smallest absolute Gasteiger partial charge is 0.410 e. The number of nitrogens with zero attached hydrogens (tertiary/aromatic N) is 1. The lowest BCUT2D eigenvalue weighted by atomic mass is 10.1. The average molecular weight is 337 g/mol. The van der Waals surface area contributed by atoms with Gasteiger partial charge in [0.1, 0.15) is 28.8 Å². The summed E-state index contributed by atoms with van der Waals surface area (Å²) in [7, 11) is 1.23. The second kappa shape index (κ2) is 6.98. The van der Waals surface area contributed by atoms with Gasteiger partial charge >= 0.3 is 12.1 Å². The Kier molecular flexibility index (Phi) is 5.21. The van der Waals surface area contributed by atoms with Gasteiger partial charge in [-0.1, -0.05) is 6.07 Å². The third kappa shape index (κ3) is 4.31. The molecule has 1 N–H and O–H groups in total. The highest BCUT2D eigenvalue weighted by molar-refractivity contribution is 5.95. The molecule has 1 amide bonds. The van der Waals surface area contributed by atoms with Crippen molar-refractivity contribution < 1.29 is 28.9 Å². The first-order valence-corrected chi connectivity index (χ1v) is 7.76. The molecule has 1 atom stereocenters. The fourth-order valence-corrected chi connectivity index (χ4v) is 2.42. The molecule has 1 aliphatic heterocycles. The van der Waals surface area contributed by atoms with Crippen LogP contribution in [0, 0.1) is 0 Å². The van der Waals surface area contributed by atoms with Crippen molar-refractivity contribution in [1.82, 2.24) is 4.90 Å². The lowest BCUT2D eigenvalue weighted by molar-refractivity contribution is 0.0274. The van der Waals surface area contributed by atoms with Gasteiger partial charge in [-0.25, -0.2) is 9.59 Å². The first-order valence-electron chi connectivity index (χ1n) is 7.76. The number of hydrogen-bond donors (Lipinski definition) is 1. The minimum Gasteiger partial charge on any atom is -0.507 e. The molecule has 7 heteroatoms. The van der Waals surface area contributed by atoms with Crippen LogP contribution in [0.15, 0.2) is 18.2 Å². The summed E-state index contributed by atoms with van der Waals surface area (Å²) in [6.07, 6.45) is -0.0735. The number of amides is 1. The van der Waals surface area contributed by atoms with E-state index in [1.54, 1.807) is 17.0 Å². The van der Waals surface area contributed by atoms with Crippen LogP contribution in [0.1, 0.15) is 37.6 Å². The third-order valence-electron chi connectivity index (χ3n) is 3.48. The summed E-state index contributed by atoms with van der Waals surface area (Å²) in [6, 6.07) is 4.56. The van der Waals surface area contributed by atoms with E-state index in [-0.39, 0.29) is 23.2 Å². The summed E-state index contributed by atoms with van der Waals surface area (Å²) < 4.78 is 15.8. The van der Waals surface area contributed by atoms with Crippen molar-refractivity contribution in [2.75, 3.05) is 20.2 Å². The first kappa shape index (κ1) is 17.9. The van der Waals surface area contributed by atoms with Crippen molar-refractivity contribution in [2.45, 2.75) is 38.9 Å². The molecule has 0 bridgehead atoms. The molecule has 2 rings (SSSR count). The Balaban J connectivity index is 2.05. The first-order chi connectivity index (χ1) is 11.2. The van der Waals surface area contributed by atoms with E-state index >= 15 is 0 Å². The molecular formula is C17H23NO6. The lowest BCUT2D eigenvalue weighted by Gasteiger charge is -2.24. The van der Waals surface area contributed by atoms with E-state index in [0.717, 1.165) is 0 Å². The number of likely N-dealkylation sites (tertiary alicyclic amines) is 1. The largest absolute Gasteiger partial charge is 0.507 e. The van der Waals surface area contributed by atoms with Crippen LogP contribution in [0.25, 0.3) is 0 Å². The molecule has 7 nitrogen and oxygen atoms in total. The van der Waals surface area contributed by atoms with Gasteiger partial charge in [0.25, 0.3) is 0 Å². The number of hydrogen-bond acceptors (Lipinski definition) is 6. The Morgan fingerprint density at radius 1 is 1.29 bits per heavy atom. The van der Waals surface area contributed by atoms with Crippen molar-refractivity contribution in [2.24, 2.45) is 0 Å². The number of rotatable bonds is 3. The van der Waals surface area contributed by atoms with Crippen molar-refractivity contribution in [1.29, 1.82) is 0 Å². The molecule has 132 valence electrons. The number of phenols is 1. The van der Waals surface area contributed by atoms with Gasteiger partial charge in [-0.2, -0.15) is 0 Å². The highest BCUT2D eigenvalue weighted by Gasteiger charge is 2.32. The zero-order valence-electron chi connectivity index (χ0n) is 14.4. The SMILES string of the molecule is COC(=O)c1c(O)cccc1OC1CCN(C(=O)OC(C)(C)C)C1. The minimum atomic E-state index is -0.676. The summed E-state index contributed by atoms with van der Waals surface area (Å²) >= 11 is 0. The molecular weight excluding hydrogens is 314 g/mol. The summed E-state index contributed by atoms with van der Waals surface area (Å²) in [5, 5.41) is 9.87. The van der Waals surface area contributed by atoms with Gasteiger partial charge in [-0.05, 0) is 32.9 Å². The van der Waals surface area contributed by atoms with Crippen LogP contribution in [0.2, 0.25) is 0 Å². The summed E-state index contributed by atoms with van der Waals surface area (Å²) in [5.74, 6) is -0.649. The van der Waals surface area contributed by atoms with E-state index in [9.17, 15) is 14.7 Å². The molecule has 1 unspecified atom stereocenters. The van der Waals surface area contributed by atoms with Crippen LogP contribution in [-0.4, -0.2) is 54.0 Å². The second-order valence-electron chi connectivity index (χ2n) is 6.60. The Morgan fingerprint density at radius 3 is 2.62 bits per heavy atom. The molecule has 0 aliphatic carbocycles. The molecule has 1 saturated heterocycles. The number of phenolic OH excluding ortho intramolecular Hbond substituents is 1. The molecule has 1 aromatic rings. The molecule has 1 aliphatic rings. The quantitative estimate of drug-likeness (QED) is 0.853. The van der Waals surface area contributed by atoms with E-state index in [4.69, 9.17) is 9.47 Å². The Bertz CT molecular complexity index is 622. The average Bonchev–Trinajstić information content (AvgIpc) is 2.94. The Labute approximate surface area is 141 Å². The predicted molar refractivity (Wildman–Crippen MR) is 86.3 cm³/mol. The molecule has 0 radical (unpaired) electrons. The van der Waals surface area contributed by atoms with Gasteiger partial charge < -0.3 is 24.2 Å². The van der Waals surface area contributed by atoms with Crippen molar-refractivity contribution in [3.8, 4) is 11.5 Å². The van der Waals surface area contributed by atoms with Crippen LogP contribution in [0.3, 0.4) is 0 Å². The number of carbonyl (C=O) groups excluding carboxylic acids is 2. The topological polar surface area (TPSA) is 85.3 Å². The second-order valence-corrected chi connectivity index (χ2v) is 6.60. The molecule has 24 heavy (non-hydrogen) atoms. The van der Waals surface area contributed by atoms with Crippen LogP contribution >= 0.6 is 0 Å². The van der Waals surface area contributed by atoms with E-state index in [2.05, 4.69) is 4.74 Å². The summed E-state index contributed by atoms with van der Waals surface area (Å²) in [5.41, 5.74) is -0.574. The number of esters is 1. The number of benzene rings is 1. The van der Waals surface area contributed by atoms with Gasteiger partial charge in [0.05, 0.1) is 13.7 Å². The molecule has 0 saturated carbocycles. The molecule has 1 heterocycles. The number of aromatic hydroxyl groups is 1. The number of methoxy groups -OCH3 is 1. The standard InChI is InChI=1S/C17H23NO6/c1-17(2,3)24-16(21)18-9-8-11(10-18)23-13-7-5-6-12(19)14(13)15(20)22-4/h5-7,11,19H,8-10H2,1-4H3. The summed E-state index contributed by atoms with van der Waals surface area (Å²) in [6.45, 7) is 6.29. The van der Waals surface area contributed by atoms with Crippen LogP contribution in [0.4, 0.5) is 4.79 Å². The van der Waals surface area contributed by atoms with Gasteiger partial charge in [0.15, 0.2) is 0 Å². The normalized spacial score (nSPS) is 17.5. The monoisotopic (exact) mass is 337 g/mol. The van der Waals surface area contributed by atoms with Gasteiger partial charge in [-0.3, -0.25) is 0 Å². The molecule has 1 aromatic carbocycles. The zero-order valence-corrected chi connectivity index (χ0v) is 14.4. The predicted octanol–water partition coefficient (Wildman–Crippen LogP) is 2.57. The maximum Gasteiger partial charge on any atom is 0.410 e. The molecule has 0 aromatic heterocycles. The van der Waals surface area contributed by atoms with E-state index in [0.29, 0.717) is 19.5 Å². The maximum atomic E-state index is 12.1. The fourth-order valence-electron chi connectivity index (χ4n) is 2.42. The van der Waals surface area contributed by atoms with E-state index < -0.39 is 17.7 Å². The summed E-state index contributed by atoms with van der Waals surface area (Å²) in [4.78, 5) is 25.4. The maximum absolute atomic E-state index is 12.1. The van der Waals surface area contributed by atoms with Crippen LogP contribution in [-0.2, 0) is 9.47 Å². The third-order valence-corrected chi connectivity index (χ3v) is 3.48. The van der Waals surface area contributed by atoms with Gasteiger partial charge in [0.2, 0.25) is 0 Å². The van der Waals surface area contributed by atoms with Crippen molar-refractivity contribution in [3.63, 3.8) is 0 Å². The zero-order chi connectivity index (χ0) is 17.9. The highest BCUT2D eigenvalue weighted by Crippen LogP contribution is 2.30. The highest BCUT2D eigenvalue weighted by atomic mass is 16.6. The van der Waals surface area contributed by atoms with Crippen molar-refractivity contribution >= 4 is 12.1 Å². The molecule has 1 fully saturated rings. The van der Waals surface area contributed by atoms with Gasteiger partial charge in [-0.15, -0.1) is 0 Å². The number of ether oxygens (including phenoxy) is 3. The Hall–Kier alpha value is -2.44. The fraction of sp³-hybridized carbons (Fsp3) is 0.529. The molecule has 0 spiro atoms. The van der Waals surface area contributed by atoms with Crippen molar-refractivity contribution in [3.05, 3.63) is 23.8 Å². The Morgan fingerprint density at radius 2 is 2.00 bits per heavy atom. The van der Waals surface area contributed by atoms with E-state index in [1.807, 2.05) is 20.8 Å². The minimum absolute atomic E-state index is 0.0179. The van der Waals surface area contributed by atoms with Crippen LogP contribution < -0.4 is 4.74 Å².